The molecule has 0 saturated heterocycles. The average molecular weight is 395 g/mol. The quantitative estimate of drug-likeness (QED) is 0.677. The number of rotatable bonds is 9. The Labute approximate surface area is 175 Å². The lowest BCUT2D eigenvalue weighted by Crippen LogP contribution is -2.49. The van der Waals surface area contributed by atoms with Gasteiger partial charge in [-0.1, -0.05) is 66.6 Å². The molecule has 4 heteroatoms. The lowest BCUT2D eigenvalue weighted by Gasteiger charge is -2.30. The van der Waals surface area contributed by atoms with Crippen molar-refractivity contribution in [3.05, 3.63) is 70.8 Å². The van der Waals surface area contributed by atoms with Crippen LogP contribution in [0.15, 0.2) is 48.5 Å². The molecule has 1 N–H and O–H groups in total. The van der Waals surface area contributed by atoms with Crippen molar-refractivity contribution >= 4 is 11.8 Å². The molecule has 4 nitrogen and oxygen atoms in total. The first-order chi connectivity index (χ1) is 13.8. The van der Waals surface area contributed by atoms with E-state index in [9.17, 15) is 9.59 Å². The maximum absolute atomic E-state index is 13.1. The van der Waals surface area contributed by atoms with E-state index in [1.54, 1.807) is 4.90 Å². The molecular weight excluding hydrogens is 360 g/mol. The van der Waals surface area contributed by atoms with Gasteiger partial charge in [0.05, 0.1) is 0 Å². The summed E-state index contributed by atoms with van der Waals surface area (Å²) >= 11 is 0. The van der Waals surface area contributed by atoms with Crippen LogP contribution in [0.4, 0.5) is 0 Å². The number of carbonyl (C=O) groups excluding carboxylic acids is 2. The smallest absolute Gasteiger partial charge is 0.242 e. The van der Waals surface area contributed by atoms with Crippen LogP contribution >= 0.6 is 0 Å². The van der Waals surface area contributed by atoms with Crippen LogP contribution in [0.1, 0.15) is 55.9 Å². The Morgan fingerprint density at radius 2 is 1.66 bits per heavy atom. The van der Waals surface area contributed by atoms with Gasteiger partial charge in [-0.05, 0) is 51.7 Å². The van der Waals surface area contributed by atoms with Gasteiger partial charge in [-0.25, -0.2) is 0 Å². The minimum Gasteiger partial charge on any atom is -0.352 e. The van der Waals surface area contributed by atoms with Gasteiger partial charge in [0.25, 0.3) is 0 Å². The summed E-state index contributed by atoms with van der Waals surface area (Å²) in [7, 11) is 0. The van der Waals surface area contributed by atoms with E-state index in [1.165, 1.54) is 5.56 Å². The van der Waals surface area contributed by atoms with Crippen LogP contribution in [-0.4, -0.2) is 28.8 Å². The number of aryl methyl sites for hydroxylation is 3. The fourth-order valence-electron chi connectivity index (χ4n) is 3.20. The van der Waals surface area contributed by atoms with Gasteiger partial charge in [0.15, 0.2) is 0 Å². The van der Waals surface area contributed by atoms with Crippen molar-refractivity contribution < 1.29 is 9.59 Å². The lowest BCUT2D eigenvalue weighted by molar-refractivity contribution is -0.140. The number of hydrogen-bond acceptors (Lipinski definition) is 2. The molecule has 2 rings (SSSR count). The van der Waals surface area contributed by atoms with Crippen molar-refractivity contribution in [1.29, 1.82) is 0 Å². The molecule has 0 aliphatic carbocycles. The van der Waals surface area contributed by atoms with Gasteiger partial charge in [-0.3, -0.25) is 9.59 Å². The second-order valence-electron chi connectivity index (χ2n) is 7.99. The fraction of sp³-hybridized carbons (Fsp3) is 0.440. The van der Waals surface area contributed by atoms with Crippen LogP contribution < -0.4 is 5.32 Å². The number of carbonyl (C=O) groups is 2. The normalized spacial score (nSPS) is 12.9. The van der Waals surface area contributed by atoms with Crippen molar-refractivity contribution in [1.82, 2.24) is 10.2 Å². The molecule has 0 radical (unpaired) electrons. The largest absolute Gasteiger partial charge is 0.352 e. The number of benzene rings is 2. The molecule has 2 aromatic carbocycles. The molecule has 0 spiro atoms. The summed E-state index contributed by atoms with van der Waals surface area (Å²) in [6, 6.07) is 15.9. The van der Waals surface area contributed by atoms with Crippen LogP contribution in [0.3, 0.4) is 0 Å². The zero-order valence-corrected chi connectivity index (χ0v) is 18.4. The third-order valence-corrected chi connectivity index (χ3v) is 5.35. The Morgan fingerprint density at radius 3 is 2.28 bits per heavy atom. The van der Waals surface area contributed by atoms with Gasteiger partial charge in [-0.15, -0.1) is 0 Å². The van der Waals surface area contributed by atoms with Crippen molar-refractivity contribution in [3.8, 4) is 0 Å². The molecule has 0 fully saturated rings. The van der Waals surface area contributed by atoms with Crippen LogP contribution in [0.2, 0.25) is 0 Å². The van der Waals surface area contributed by atoms with Gasteiger partial charge in [0, 0.05) is 19.0 Å². The van der Waals surface area contributed by atoms with Gasteiger partial charge in [0.2, 0.25) is 11.8 Å². The van der Waals surface area contributed by atoms with Crippen molar-refractivity contribution in [2.24, 2.45) is 0 Å². The number of nitrogens with zero attached hydrogens (tertiary/aromatic N) is 1. The summed E-state index contributed by atoms with van der Waals surface area (Å²) < 4.78 is 0. The first kappa shape index (κ1) is 22.7. The summed E-state index contributed by atoms with van der Waals surface area (Å²) in [5.41, 5.74) is 4.52. The molecular formula is C25H34N2O2. The molecule has 0 heterocycles. The minimum absolute atomic E-state index is 0.00103. The Bertz CT molecular complexity index is 814. The summed E-state index contributed by atoms with van der Waals surface area (Å²) in [6.45, 7) is 10.4. The SMILES string of the molecule is CCC(C)NC(=O)C(C)N(Cc1cccc(C)c1)C(=O)CCc1ccc(C)cc1. The van der Waals surface area contributed by atoms with Crippen LogP contribution in [0.25, 0.3) is 0 Å². The van der Waals surface area contributed by atoms with Crippen molar-refractivity contribution in [3.63, 3.8) is 0 Å². The first-order valence-electron chi connectivity index (χ1n) is 10.5. The van der Waals surface area contributed by atoms with E-state index < -0.39 is 6.04 Å². The zero-order valence-electron chi connectivity index (χ0n) is 18.4. The highest BCUT2D eigenvalue weighted by Gasteiger charge is 2.26. The van der Waals surface area contributed by atoms with E-state index in [-0.39, 0.29) is 17.9 Å². The molecule has 0 aliphatic heterocycles. The summed E-state index contributed by atoms with van der Waals surface area (Å²) in [5.74, 6) is -0.102. The summed E-state index contributed by atoms with van der Waals surface area (Å²) in [4.78, 5) is 27.6. The van der Waals surface area contributed by atoms with Crippen LogP contribution in [0, 0.1) is 13.8 Å². The Kier molecular flexibility index (Phi) is 8.44. The molecule has 0 aromatic heterocycles. The number of amides is 2. The van der Waals surface area contributed by atoms with Gasteiger partial charge in [0.1, 0.15) is 6.04 Å². The fourth-order valence-corrected chi connectivity index (χ4v) is 3.20. The second-order valence-corrected chi connectivity index (χ2v) is 7.99. The first-order valence-corrected chi connectivity index (χ1v) is 10.5. The topological polar surface area (TPSA) is 49.4 Å². The maximum atomic E-state index is 13.1. The highest BCUT2D eigenvalue weighted by Crippen LogP contribution is 2.15. The van der Waals surface area contributed by atoms with E-state index in [2.05, 4.69) is 42.6 Å². The predicted molar refractivity (Wildman–Crippen MR) is 119 cm³/mol. The molecule has 2 atom stereocenters. The van der Waals surface area contributed by atoms with Crippen molar-refractivity contribution in [2.75, 3.05) is 0 Å². The Hall–Kier alpha value is -2.62. The molecule has 0 saturated carbocycles. The lowest BCUT2D eigenvalue weighted by atomic mass is 10.1. The molecule has 156 valence electrons. The third-order valence-electron chi connectivity index (χ3n) is 5.35. The monoisotopic (exact) mass is 394 g/mol. The molecule has 0 bridgehead atoms. The molecule has 29 heavy (non-hydrogen) atoms. The van der Waals surface area contributed by atoms with Gasteiger partial charge < -0.3 is 10.2 Å². The van der Waals surface area contributed by atoms with Crippen LogP contribution in [0.5, 0.6) is 0 Å². The maximum Gasteiger partial charge on any atom is 0.242 e. The molecule has 2 unspecified atom stereocenters. The van der Waals surface area contributed by atoms with E-state index in [0.29, 0.717) is 19.4 Å². The molecule has 2 amide bonds. The third kappa shape index (κ3) is 7.04. The molecule has 2 aromatic rings. The molecule has 0 aliphatic rings. The minimum atomic E-state index is -0.518. The van der Waals surface area contributed by atoms with Crippen molar-refractivity contribution in [2.45, 2.75) is 72.5 Å². The summed E-state index contributed by atoms with van der Waals surface area (Å²) in [5, 5.41) is 3.01. The number of nitrogens with one attached hydrogen (secondary N) is 1. The van der Waals surface area contributed by atoms with Gasteiger partial charge >= 0.3 is 0 Å². The van der Waals surface area contributed by atoms with E-state index in [0.717, 1.165) is 23.1 Å². The highest BCUT2D eigenvalue weighted by atomic mass is 16.2. The van der Waals surface area contributed by atoms with E-state index >= 15 is 0 Å². The number of hydrogen-bond donors (Lipinski definition) is 1. The average Bonchev–Trinajstić information content (AvgIpc) is 2.70. The van der Waals surface area contributed by atoms with E-state index in [1.807, 2.05) is 45.9 Å². The predicted octanol–water partition coefficient (Wildman–Crippen LogP) is 4.57. The van der Waals surface area contributed by atoms with Gasteiger partial charge in [-0.2, -0.15) is 0 Å². The Balaban J connectivity index is 2.14. The standard InChI is InChI=1S/C25H34N2O2/c1-6-20(4)26-25(29)21(5)27(17-23-9-7-8-19(3)16-23)24(28)15-14-22-12-10-18(2)11-13-22/h7-13,16,20-21H,6,14-15,17H2,1-5H3,(H,26,29). The Morgan fingerprint density at radius 1 is 0.966 bits per heavy atom. The highest BCUT2D eigenvalue weighted by molar-refractivity contribution is 5.87. The summed E-state index contributed by atoms with van der Waals surface area (Å²) in [6.07, 6.45) is 1.91. The second kappa shape index (κ2) is 10.8. The van der Waals surface area contributed by atoms with E-state index in [4.69, 9.17) is 0 Å². The van der Waals surface area contributed by atoms with Crippen LogP contribution in [-0.2, 0) is 22.6 Å². The zero-order chi connectivity index (χ0) is 21.4.